The summed E-state index contributed by atoms with van der Waals surface area (Å²) in [6.45, 7) is 6.41. The number of fused-ring (bicyclic) bond motifs is 1. The number of nitrogens with one attached hydrogen (secondary N) is 1. The molecule has 1 N–H and O–H groups in total. The Labute approximate surface area is 83.8 Å². The molecule has 0 aliphatic heterocycles. The summed E-state index contributed by atoms with van der Waals surface area (Å²) in [6.07, 6.45) is 5.75. The molecule has 0 unspecified atom stereocenters. The Bertz CT molecular complexity index is 437. The summed E-state index contributed by atoms with van der Waals surface area (Å²) >= 11 is 0. The Kier molecular flexibility index (Phi) is 1.95. The van der Waals surface area contributed by atoms with Gasteiger partial charge in [0.1, 0.15) is 0 Å². The van der Waals surface area contributed by atoms with Crippen molar-refractivity contribution >= 4 is 11.3 Å². The van der Waals surface area contributed by atoms with Crippen molar-refractivity contribution in [1.29, 1.82) is 0 Å². The summed E-state index contributed by atoms with van der Waals surface area (Å²) in [5.74, 6) is 0. The van der Waals surface area contributed by atoms with E-state index in [1.807, 2.05) is 35.1 Å². The van der Waals surface area contributed by atoms with Crippen molar-refractivity contribution in [3.8, 4) is 0 Å². The lowest BCUT2D eigenvalue weighted by Crippen LogP contribution is -2.26. The first-order valence-corrected chi connectivity index (χ1v) is 4.76. The molecule has 2 heterocycles. The molecule has 2 aromatic heterocycles. The van der Waals surface area contributed by atoms with E-state index in [1.165, 1.54) is 0 Å². The molecule has 2 aromatic rings. The normalized spacial score (nSPS) is 11.9. The van der Waals surface area contributed by atoms with Gasteiger partial charge in [-0.15, -0.1) is 0 Å². The predicted octanol–water partition coefficient (Wildman–Crippen LogP) is 2.54. The minimum Gasteiger partial charge on any atom is -0.377 e. The van der Waals surface area contributed by atoms with E-state index in [9.17, 15) is 0 Å². The number of imidazole rings is 1. The molecular formula is C11H15N3. The summed E-state index contributed by atoms with van der Waals surface area (Å²) in [5, 5.41) is 3.43. The van der Waals surface area contributed by atoms with E-state index < -0.39 is 0 Å². The summed E-state index contributed by atoms with van der Waals surface area (Å²) in [5.41, 5.74) is 2.11. The number of rotatable bonds is 1. The molecule has 14 heavy (non-hydrogen) atoms. The molecule has 74 valence electrons. The summed E-state index contributed by atoms with van der Waals surface area (Å²) in [6, 6.07) is 4.07. The molecule has 0 saturated heterocycles. The van der Waals surface area contributed by atoms with Crippen molar-refractivity contribution in [3.05, 3.63) is 30.7 Å². The van der Waals surface area contributed by atoms with E-state index in [1.54, 1.807) is 0 Å². The smallest absolute Gasteiger partial charge is 0.160 e. The summed E-state index contributed by atoms with van der Waals surface area (Å²) in [7, 11) is 0. The molecule has 0 aliphatic carbocycles. The van der Waals surface area contributed by atoms with E-state index in [-0.39, 0.29) is 5.54 Å². The number of hydrogen-bond donors (Lipinski definition) is 1. The molecule has 0 atom stereocenters. The van der Waals surface area contributed by atoms with Gasteiger partial charge in [0, 0.05) is 24.1 Å². The Morgan fingerprint density at radius 2 is 2.07 bits per heavy atom. The maximum atomic E-state index is 4.30. The van der Waals surface area contributed by atoms with Crippen molar-refractivity contribution in [1.82, 2.24) is 9.38 Å². The van der Waals surface area contributed by atoms with E-state index in [4.69, 9.17) is 0 Å². The van der Waals surface area contributed by atoms with Gasteiger partial charge in [0.05, 0.1) is 5.69 Å². The Hall–Kier alpha value is -1.51. The highest BCUT2D eigenvalue weighted by molar-refractivity contribution is 5.67. The first-order valence-electron chi connectivity index (χ1n) is 4.76. The Balaban J connectivity index is 2.46. The van der Waals surface area contributed by atoms with Gasteiger partial charge in [-0.05, 0) is 32.9 Å². The fraction of sp³-hybridized carbons (Fsp3) is 0.364. The lowest BCUT2D eigenvalue weighted by molar-refractivity contribution is 0.634. The van der Waals surface area contributed by atoms with Crippen LogP contribution in [0.4, 0.5) is 5.69 Å². The fourth-order valence-electron chi connectivity index (χ4n) is 1.45. The topological polar surface area (TPSA) is 29.3 Å². The van der Waals surface area contributed by atoms with Crippen LogP contribution in [0.5, 0.6) is 0 Å². The minimum absolute atomic E-state index is 0.0633. The van der Waals surface area contributed by atoms with Crippen molar-refractivity contribution in [2.45, 2.75) is 26.3 Å². The molecule has 0 aliphatic rings. The van der Waals surface area contributed by atoms with E-state index >= 15 is 0 Å². The van der Waals surface area contributed by atoms with Gasteiger partial charge in [-0.25, -0.2) is 4.98 Å². The van der Waals surface area contributed by atoms with Gasteiger partial charge in [-0.3, -0.25) is 0 Å². The Morgan fingerprint density at radius 1 is 1.29 bits per heavy atom. The molecule has 0 aromatic carbocycles. The molecule has 0 spiro atoms. The second kappa shape index (κ2) is 3.01. The van der Waals surface area contributed by atoms with Gasteiger partial charge in [0.25, 0.3) is 0 Å². The molecule has 0 fully saturated rings. The van der Waals surface area contributed by atoms with Crippen molar-refractivity contribution in [2.75, 3.05) is 5.32 Å². The van der Waals surface area contributed by atoms with Crippen LogP contribution in [0.3, 0.4) is 0 Å². The highest BCUT2D eigenvalue weighted by Crippen LogP contribution is 2.18. The van der Waals surface area contributed by atoms with Crippen molar-refractivity contribution in [3.63, 3.8) is 0 Å². The van der Waals surface area contributed by atoms with Crippen LogP contribution >= 0.6 is 0 Å². The Morgan fingerprint density at radius 3 is 2.79 bits per heavy atom. The zero-order valence-electron chi connectivity index (χ0n) is 8.78. The highest BCUT2D eigenvalue weighted by Gasteiger charge is 2.11. The molecule has 3 nitrogen and oxygen atoms in total. The van der Waals surface area contributed by atoms with E-state index in [0.29, 0.717) is 0 Å². The number of anilines is 1. The van der Waals surface area contributed by atoms with Crippen LogP contribution in [-0.2, 0) is 0 Å². The molecule has 0 bridgehead atoms. The summed E-state index contributed by atoms with van der Waals surface area (Å²) < 4.78 is 2.01. The second-order valence-corrected chi connectivity index (χ2v) is 4.45. The average molecular weight is 189 g/mol. The van der Waals surface area contributed by atoms with Crippen LogP contribution in [-0.4, -0.2) is 14.9 Å². The van der Waals surface area contributed by atoms with Gasteiger partial charge in [-0.2, -0.15) is 0 Å². The number of aromatic nitrogens is 2. The molecule has 0 radical (unpaired) electrons. The maximum absolute atomic E-state index is 4.30. The molecule has 0 amide bonds. The van der Waals surface area contributed by atoms with Crippen LogP contribution in [0.15, 0.2) is 30.7 Å². The standard InChI is InChI=1S/C11H15N3/c1-11(2,3)13-9-5-4-7-14-8-6-12-10(9)14/h4-8,13H,1-3H3. The van der Waals surface area contributed by atoms with E-state index in [0.717, 1.165) is 11.3 Å². The van der Waals surface area contributed by atoms with Gasteiger partial charge in [-0.1, -0.05) is 0 Å². The highest BCUT2D eigenvalue weighted by atomic mass is 15.0. The van der Waals surface area contributed by atoms with Crippen molar-refractivity contribution in [2.24, 2.45) is 0 Å². The lowest BCUT2D eigenvalue weighted by Gasteiger charge is -2.22. The predicted molar refractivity (Wildman–Crippen MR) is 58.6 cm³/mol. The van der Waals surface area contributed by atoms with Gasteiger partial charge < -0.3 is 9.72 Å². The first-order chi connectivity index (χ1) is 6.56. The fourth-order valence-corrected chi connectivity index (χ4v) is 1.45. The number of nitrogens with zero attached hydrogens (tertiary/aromatic N) is 2. The molecular weight excluding hydrogens is 174 g/mol. The SMILES string of the molecule is CC(C)(C)Nc1cccn2ccnc12. The molecule has 3 heteroatoms. The molecule has 0 saturated carbocycles. The quantitative estimate of drug-likeness (QED) is 0.747. The summed E-state index contributed by atoms with van der Waals surface area (Å²) in [4.78, 5) is 4.30. The van der Waals surface area contributed by atoms with E-state index in [2.05, 4.69) is 31.1 Å². The average Bonchev–Trinajstić information content (AvgIpc) is 2.49. The largest absolute Gasteiger partial charge is 0.377 e. The van der Waals surface area contributed by atoms with Gasteiger partial charge in [0.15, 0.2) is 5.65 Å². The molecule has 2 rings (SSSR count). The monoisotopic (exact) mass is 189 g/mol. The maximum Gasteiger partial charge on any atom is 0.160 e. The third-order valence-corrected chi connectivity index (χ3v) is 1.93. The van der Waals surface area contributed by atoms with Crippen LogP contribution in [0.25, 0.3) is 5.65 Å². The zero-order valence-corrected chi connectivity index (χ0v) is 8.78. The van der Waals surface area contributed by atoms with Gasteiger partial charge >= 0.3 is 0 Å². The lowest BCUT2D eigenvalue weighted by atomic mass is 10.1. The first kappa shape index (κ1) is 9.06. The van der Waals surface area contributed by atoms with Gasteiger partial charge in [0.2, 0.25) is 0 Å². The zero-order chi connectivity index (χ0) is 10.2. The third kappa shape index (κ3) is 1.71. The number of pyridine rings is 1. The van der Waals surface area contributed by atoms with Crippen LogP contribution < -0.4 is 5.32 Å². The second-order valence-electron chi connectivity index (χ2n) is 4.45. The minimum atomic E-state index is 0.0633. The van der Waals surface area contributed by atoms with Crippen LogP contribution in [0.2, 0.25) is 0 Å². The van der Waals surface area contributed by atoms with Crippen molar-refractivity contribution < 1.29 is 0 Å². The van der Waals surface area contributed by atoms with Crippen LogP contribution in [0.1, 0.15) is 20.8 Å². The number of hydrogen-bond acceptors (Lipinski definition) is 2. The van der Waals surface area contributed by atoms with Crippen LogP contribution in [0, 0.1) is 0 Å². The third-order valence-electron chi connectivity index (χ3n) is 1.93.